The van der Waals surface area contributed by atoms with Crippen LogP contribution in [0.5, 0.6) is 0 Å². The van der Waals surface area contributed by atoms with E-state index in [2.05, 4.69) is 39.9 Å². The van der Waals surface area contributed by atoms with Gasteiger partial charge in [-0.1, -0.05) is 20.8 Å². The number of rotatable bonds is 3. The van der Waals surface area contributed by atoms with Crippen LogP contribution in [0.4, 0.5) is 0 Å². The van der Waals surface area contributed by atoms with Crippen molar-refractivity contribution in [3.8, 4) is 0 Å². The summed E-state index contributed by atoms with van der Waals surface area (Å²) in [5.74, 6) is 0. The Bertz CT molecular complexity index is 109. The molecule has 0 saturated heterocycles. The van der Waals surface area contributed by atoms with Crippen LogP contribution in [0.2, 0.25) is 0 Å². The van der Waals surface area contributed by atoms with E-state index >= 15 is 0 Å². The second kappa shape index (κ2) is 3.57. The van der Waals surface area contributed by atoms with Crippen molar-refractivity contribution in [2.75, 3.05) is 0 Å². The minimum atomic E-state index is 0.229. The van der Waals surface area contributed by atoms with Crippen LogP contribution >= 0.6 is 0 Å². The standard InChI is InChI=1S/C10H22N/c1-7-11-10(5,6)8-9(2,3)4/h7,11H,8H2,1-6H3. The van der Waals surface area contributed by atoms with Crippen molar-refractivity contribution in [3.05, 3.63) is 6.54 Å². The highest BCUT2D eigenvalue weighted by Crippen LogP contribution is 2.26. The molecule has 1 radical (unpaired) electrons. The highest BCUT2D eigenvalue weighted by atomic mass is 14.9. The third kappa shape index (κ3) is 6.36. The Kier molecular flexibility index (Phi) is 3.56. The fraction of sp³-hybridized carbons (Fsp3) is 0.900. The van der Waals surface area contributed by atoms with Crippen LogP contribution in [0.1, 0.15) is 48.0 Å². The van der Waals surface area contributed by atoms with Crippen molar-refractivity contribution in [3.63, 3.8) is 0 Å². The maximum absolute atomic E-state index is 3.35. The molecule has 0 fully saturated rings. The molecule has 0 amide bonds. The minimum Gasteiger partial charge on any atom is -0.308 e. The van der Waals surface area contributed by atoms with E-state index in [9.17, 15) is 0 Å². The minimum absolute atomic E-state index is 0.229. The summed E-state index contributed by atoms with van der Waals surface area (Å²) in [5, 5.41) is 3.35. The van der Waals surface area contributed by atoms with E-state index in [4.69, 9.17) is 0 Å². The average Bonchev–Trinajstić information content (AvgIpc) is 1.55. The summed E-state index contributed by atoms with van der Waals surface area (Å²) in [5.41, 5.74) is 0.631. The smallest absolute Gasteiger partial charge is 0.0195 e. The van der Waals surface area contributed by atoms with Gasteiger partial charge in [0.15, 0.2) is 0 Å². The molecule has 0 aliphatic rings. The summed E-state index contributed by atoms with van der Waals surface area (Å²) in [6.07, 6.45) is 1.18. The summed E-state index contributed by atoms with van der Waals surface area (Å²) >= 11 is 0. The molecule has 0 aromatic rings. The molecule has 11 heavy (non-hydrogen) atoms. The summed E-state index contributed by atoms with van der Waals surface area (Å²) < 4.78 is 0. The van der Waals surface area contributed by atoms with Gasteiger partial charge in [-0.05, 0) is 32.6 Å². The molecule has 0 unspecified atom stereocenters. The molecule has 0 heterocycles. The molecule has 1 heteroatoms. The third-order valence-electron chi connectivity index (χ3n) is 1.51. The van der Waals surface area contributed by atoms with E-state index in [1.54, 1.807) is 0 Å². The first-order valence-electron chi connectivity index (χ1n) is 4.32. The second-order valence-electron chi connectivity index (χ2n) is 5.05. The summed E-state index contributed by atoms with van der Waals surface area (Å²) in [4.78, 5) is 0. The molecule has 0 aromatic heterocycles. The predicted molar refractivity (Wildman–Crippen MR) is 51.3 cm³/mol. The highest BCUT2D eigenvalue weighted by Gasteiger charge is 2.23. The van der Waals surface area contributed by atoms with E-state index in [1.807, 2.05) is 13.5 Å². The molecule has 0 saturated carbocycles. The van der Waals surface area contributed by atoms with Crippen molar-refractivity contribution >= 4 is 0 Å². The van der Waals surface area contributed by atoms with Crippen LogP contribution in [0.25, 0.3) is 0 Å². The fourth-order valence-corrected chi connectivity index (χ4v) is 1.77. The first-order chi connectivity index (χ1) is 4.77. The Morgan fingerprint density at radius 3 is 1.82 bits per heavy atom. The summed E-state index contributed by atoms with van der Waals surface area (Å²) in [7, 11) is 0. The fourth-order valence-electron chi connectivity index (χ4n) is 1.77. The lowest BCUT2D eigenvalue weighted by Gasteiger charge is -2.32. The van der Waals surface area contributed by atoms with Crippen LogP contribution in [0.3, 0.4) is 0 Å². The Morgan fingerprint density at radius 2 is 1.55 bits per heavy atom. The lowest BCUT2D eigenvalue weighted by Crippen LogP contribution is -2.40. The zero-order chi connectivity index (χ0) is 9.12. The van der Waals surface area contributed by atoms with Crippen LogP contribution in [-0.2, 0) is 0 Å². The van der Waals surface area contributed by atoms with Crippen LogP contribution < -0.4 is 5.32 Å². The van der Waals surface area contributed by atoms with Crippen molar-refractivity contribution in [1.29, 1.82) is 0 Å². The summed E-state index contributed by atoms with van der Waals surface area (Å²) in [6, 6.07) is 0. The zero-order valence-corrected chi connectivity index (χ0v) is 8.78. The molecule has 0 bridgehead atoms. The molecule has 0 aliphatic heterocycles. The molecular weight excluding hydrogens is 134 g/mol. The number of hydrogen-bond acceptors (Lipinski definition) is 1. The lowest BCUT2D eigenvalue weighted by atomic mass is 9.82. The van der Waals surface area contributed by atoms with Gasteiger partial charge in [0.2, 0.25) is 0 Å². The van der Waals surface area contributed by atoms with E-state index in [0.717, 1.165) is 0 Å². The van der Waals surface area contributed by atoms with Crippen LogP contribution in [0, 0.1) is 12.0 Å². The maximum Gasteiger partial charge on any atom is 0.0195 e. The van der Waals surface area contributed by atoms with Gasteiger partial charge in [-0.2, -0.15) is 0 Å². The van der Waals surface area contributed by atoms with Gasteiger partial charge in [-0.25, -0.2) is 0 Å². The van der Waals surface area contributed by atoms with Gasteiger partial charge in [0, 0.05) is 12.1 Å². The van der Waals surface area contributed by atoms with Crippen molar-refractivity contribution in [1.82, 2.24) is 5.32 Å². The Balaban J connectivity index is 3.91. The maximum atomic E-state index is 3.35. The molecule has 0 aliphatic carbocycles. The average molecular weight is 156 g/mol. The molecule has 1 nitrogen and oxygen atoms in total. The van der Waals surface area contributed by atoms with Gasteiger partial charge >= 0.3 is 0 Å². The van der Waals surface area contributed by atoms with Gasteiger partial charge in [0.05, 0.1) is 0 Å². The van der Waals surface area contributed by atoms with Gasteiger partial charge in [-0.15, -0.1) is 0 Å². The number of nitrogens with one attached hydrogen (secondary N) is 1. The molecule has 1 N–H and O–H groups in total. The van der Waals surface area contributed by atoms with E-state index < -0.39 is 0 Å². The zero-order valence-electron chi connectivity index (χ0n) is 8.78. The van der Waals surface area contributed by atoms with Gasteiger partial charge in [-0.3, -0.25) is 0 Å². The van der Waals surface area contributed by atoms with Crippen molar-refractivity contribution in [2.24, 2.45) is 5.41 Å². The highest BCUT2D eigenvalue weighted by molar-refractivity contribution is 4.84. The molecule has 67 valence electrons. The molecule has 0 rings (SSSR count). The largest absolute Gasteiger partial charge is 0.308 e. The Labute approximate surface area is 71.6 Å². The Morgan fingerprint density at radius 1 is 1.09 bits per heavy atom. The molecule has 0 atom stereocenters. The Hall–Kier alpha value is -0.0400. The van der Waals surface area contributed by atoms with Crippen LogP contribution in [0.15, 0.2) is 0 Å². The topological polar surface area (TPSA) is 12.0 Å². The SMILES string of the molecule is C[CH]NC(C)(C)CC(C)(C)C. The third-order valence-corrected chi connectivity index (χ3v) is 1.51. The number of hydrogen-bond donors (Lipinski definition) is 1. The normalized spacial score (nSPS) is 13.6. The molecule has 0 aromatic carbocycles. The van der Waals surface area contributed by atoms with E-state index in [-0.39, 0.29) is 5.54 Å². The molecule has 0 spiro atoms. The van der Waals surface area contributed by atoms with E-state index in [1.165, 1.54) is 6.42 Å². The van der Waals surface area contributed by atoms with Crippen molar-refractivity contribution < 1.29 is 0 Å². The quantitative estimate of drug-likeness (QED) is 0.662. The first-order valence-corrected chi connectivity index (χ1v) is 4.32. The summed E-state index contributed by atoms with van der Waals surface area (Å²) in [6.45, 7) is 15.3. The van der Waals surface area contributed by atoms with Gasteiger partial charge in [0.25, 0.3) is 0 Å². The lowest BCUT2D eigenvalue weighted by molar-refractivity contribution is 0.255. The predicted octanol–water partition coefficient (Wildman–Crippen LogP) is 2.97. The van der Waals surface area contributed by atoms with E-state index in [0.29, 0.717) is 5.41 Å². The second-order valence-corrected chi connectivity index (χ2v) is 5.05. The van der Waals surface area contributed by atoms with Crippen LogP contribution in [-0.4, -0.2) is 5.54 Å². The monoisotopic (exact) mass is 156 g/mol. The van der Waals surface area contributed by atoms with Gasteiger partial charge < -0.3 is 5.32 Å². The first kappa shape index (κ1) is 11.0. The molecular formula is C10H22N. The van der Waals surface area contributed by atoms with Gasteiger partial charge in [0.1, 0.15) is 0 Å². The van der Waals surface area contributed by atoms with Crippen molar-refractivity contribution in [2.45, 2.75) is 53.5 Å².